The summed E-state index contributed by atoms with van der Waals surface area (Å²) in [6.07, 6.45) is 12.2. The van der Waals surface area contributed by atoms with E-state index in [9.17, 15) is 14.9 Å². The molecule has 1 N–H and O–H groups in total. The number of carbonyl (C=O) groups excluding carboxylic acids is 1. The highest BCUT2D eigenvalue weighted by Crippen LogP contribution is 2.28. The molecule has 2 aromatic heterocycles. The minimum absolute atomic E-state index is 0.152. The number of nitrogens with zero attached hydrogens (tertiary/aromatic N) is 4. The van der Waals surface area contributed by atoms with Crippen LogP contribution >= 0.6 is 0 Å². The molecule has 1 saturated carbocycles. The minimum atomic E-state index is -0.522. The average Bonchev–Trinajstić information content (AvgIpc) is 3.33. The number of nitrogens with one attached hydrogen (secondary N) is 1. The highest BCUT2D eigenvalue weighted by Gasteiger charge is 2.20. The van der Waals surface area contributed by atoms with E-state index in [1.807, 2.05) is 0 Å². The molecule has 9 nitrogen and oxygen atoms in total. The maximum atomic E-state index is 12.8. The van der Waals surface area contributed by atoms with Crippen molar-refractivity contribution in [3.8, 4) is 11.4 Å². The van der Waals surface area contributed by atoms with Crippen LogP contribution in [0.25, 0.3) is 5.69 Å². The molecule has 0 saturated heterocycles. The second-order valence-electron chi connectivity index (χ2n) is 7.55. The van der Waals surface area contributed by atoms with Crippen LogP contribution in [0.5, 0.6) is 5.75 Å². The van der Waals surface area contributed by atoms with Gasteiger partial charge in [0.05, 0.1) is 17.9 Å². The molecule has 1 aliphatic rings. The van der Waals surface area contributed by atoms with Crippen molar-refractivity contribution in [1.82, 2.24) is 14.5 Å². The normalized spacial score (nSPS) is 14.2. The van der Waals surface area contributed by atoms with E-state index in [0.29, 0.717) is 29.8 Å². The lowest BCUT2D eigenvalue weighted by molar-refractivity contribution is -0.384. The van der Waals surface area contributed by atoms with Gasteiger partial charge >= 0.3 is 0 Å². The maximum absolute atomic E-state index is 12.8. The molecule has 0 atom stereocenters. The second kappa shape index (κ2) is 9.38. The molecule has 1 aliphatic carbocycles. The summed E-state index contributed by atoms with van der Waals surface area (Å²) in [5.74, 6) is 0.799. The number of benzene rings is 1. The van der Waals surface area contributed by atoms with Gasteiger partial charge < -0.3 is 14.6 Å². The number of nitro groups is 1. The zero-order valence-electron chi connectivity index (χ0n) is 16.9. The van der Waals surface area contributed by atoms with E-state index in [0.717, 1.165) is 12.8 Å². The van der Waals surface area contributed by atoms with Crippen LogP contribution in [-0.2, 0) is 0 Å². The van der Waals surface area contributed by atoms with Crippen molar-refractivity contribution < 1.29 is 14.5 Å². The third-order valence-corrected chi connectivity index (χ3v) is 5.42. The first-order valence-corrected chi connectivity index (χ1v) is 10.3. The van der Waals surface area contributed by atoms with Gasteiger partial charge in [0.15, 0.2) is 11.6 Å². The van der Waals surface area contributed by atoms with Gasteiger partial charge in [-0.25, -0.2) is 9.97 Å². The van der Waals surface area contributed by atoms with Crippen molar-refractivity contribution in [3.05, 3.63) is 70.9 Å². The summed E-state index contributed by atoms with van der Waals surface area (Å²) < 4.78 is 7.47. The molecule has 160 valence electrons. The quantitative estimate of drug-likeness (QED) is 0.447. The second-order valence-corrected chi connectivity index (χ2v) is 7.55. The number of anilines is 1. The van der Waals surface area contributed by atoms with Crippen molar-refractivity contribution in [2.45, 2.75) is 32.1 Å². The first kappa shape index (κ1) is 20.5. The number of hydrogen-bond acceptors (Lipinski definition) is 6. The van der Waals surface area contributed by atoms with Gasteiger partial charge in [0.25, 0.3) is 11.6 Å². The Morgan fingerprint density at radius 1 is 1.23 bits per heavy atom. The minimum Gasteiger partial charge on any atom is -0.489 e. The lowest BCUT2D eigenvalue weighted by atomic mass is 9.90. The Morgan fingerprint density at radius 2 is 2.06 bits per heavy atom. The van der Waals surface area contributed by atoms with Crippen molar-refractivity contribution in [1.29, 1.82) is 0 Å². The molecule has 3 aromatic rings. The molecule has 1 fully saturated rings. The largest absolute Gasteiger partial charge is 0.489 e. The summed E-state index contributed by atoms with van der Waals surface area (Å²) in [7, 11) is 0. The zero-order chi connectivity index (χ0) is 21.6. The number of hydrogen-bond donors (Lipinski definition) is 1. The Labute approximate surface area is 179 Å². The maximum Gasteiger partial charge on any atom is 0.294 e. The van der Waals surface area contributed by atoms with Crippen LogP contribution in [0.3, 0.4) is 0 Å². The smallest absolute Gasteiger partial charge is 0.294 e. The third-order valence-electron chi connectivity index (χ3n) is 5.42. The van der Waals surface area contributed by atoms with E-state index in [1.54, 1.807) is 24.5 Å². The monoisotopic (exact) mass is 421 g/mol. The SMILES string of the molecule is O=C(Nc1ncccc1OCC1CCCCC1)c1ccc(-n2ccnc2)c([N+](=O)[O-])c1. The fraction of sp³-hybridized carbons (Fsp3) is 0.318. The Hall–Kier alpha value is -3.75. The number of carbonyl (C=O) groups is 1. The van der Waals surface area contributed by atoms with Crippen LogP contribution < -0.4 is 10.1 Å². The molecular formula is C22H23N5O4. The lowest BCUT2D eigenvalue weighted by Crippen LogP contribution is -2.18. The average molecular weight is 421 g/mol. The third kappa shape index (κ3) is 4.88. The van der Waals surface area contributed by atoms with Gasteiger partial charge in [-0.05, 0) is 43.0 Å². The number of pyridine rings is 1. The van der Waals surface area contributed by atoms with E-state index in [4.69, 9.17) is 4.74 Å². The fourth-order valence-electron chi connectivity index (χ4n) is 3.77. The summed E-state index contributed by atoms with van der Waals surface area (Å²) in [4.78, 5) is 32.0. The molecule has 2 heterocycles. The van der Waals surface area contributed by atoms with Crippen LogP contribution in [0.2, 0.25) is 0 Å². The van der Waals surface area contributed by atoms with Crippen molar-refractivity contribution in [3.63, 3.8) is 0 Å². The molecule has 0 bridgehead atoms. The number of imidazole rings is 1. The molecule has 0 spiro atoms. The van der Waals surface area contributed by atoms with Gasteiger partial charge in [0.1, 0.15) is 5.69 Å². The molecule has 1 aromatic carbocycles. The molecule has 0 unspecified atom stereocenters. The standard InChI is InChI=1S/C22H23N5O4/c28-22(17-8-9-18(19(13-17)27(29)30)26-12-11-23-15-26)25-21-20(7-4-10-24-21)31-14-16-5-2-1-3-6-16/h4,7-13,15-16H,1-3,5-6,14H2,(H,24,25,28). The number of nitro benzene ring substituents is 1. The molecule has 4 rings (SSSR count). The number of rotatable bonds is 7. The Bertz CT molecular complexity index is 1060. The van der Waals surface area contributed by atoms with Gasteiger partial charge in [0, 0.05) is 30.2 Å². The highest BCUT2D eigenvalue weighted by atomic mass is 16.6. The van der Waals surface area contributed by atoms with Crippen LogP contribution in [0.4, 0.5) is 11.5 Å². The van der Waals surface area contributed by atoms with E-state index < -0.39 is 10.8 Å². The molecule has 31 heavy (non-hydrogen) atoms. The molecule has 1 amide bonds. The highest BCUT2D eigenvalue weighted by molar-refractivity contribution is 6.05. The lowest BCUT2D eigenvalue weighted by Gasteiger charge is -2.22. The van der Waals surface area contributed by atoms with Gasteiger partial charge in [-0.15, -0.1) is 0 Å². The summed E-state index contributed by atoms with van der Waals surface area (Å²) in [6.45, 7) is 0.583. The van der Waals surface area contributed by atoms with E-state index in [-0.39, 0.29) is 11.3 Å². The molecule has 9 heteroatoms. The van der Waals surface area contributed by atoms with Crippen LogP contribution in [-0.4, -0.2) is 32.0 Å². The van der Waals surface area contributed by atoms with Crippen LogP contribution in [0.1, 0.15) is 42.5 Å². The Kier molecular flexibility index (Phi) is 6.21. The predicted molar refractivity (Wildman–Crippen MR) is 114 cm³/mol. The Morgan fingerprint density at radius 3 is 2.81 bits per heavy atom. The topological polar surface area (TPSA) is 112 Å². The van der Waals surface area contributed by atoms with Crippen LogP contribution in [0.15, 0.2) is 55.2 Å². The fourth-order valence-corrected chi connectivity index (χ4v) is 3.77. The Balaban J connectivity index is 1.50. The summed E-state index contributed by atoms with van der Waals surface area (Å²) in [5, 5.41) is 14.3. The van der Waals surface area contributed by atoms with Crippen molar-refractivity contribution in [2.24, 2.45) is 5.92 Å². The van der Waals surface area contributed by atoms with Crippen molar-refractivity contribution >= 4 is 17.4 Å². The number of amides is 1. The van der Waals surface area contributed by atoms with Gasteiger partial charge in [0.2, 0.25) is 0 Å². The zero-order valence-corrected chi connectivity index (χ0v) is 16.9. The van der Waals surface area contributed by atoms with E-state index in [2.05, 4.69) is 15.3 Å². The summed E-state index contributed by atoms with van der Waals surface area (Å²) in [6, 6.07) is 7.81. The summed E-state index contributed by atoms with van der Waals surface area (Å²) in [5.41, 5.74) is 0.285. The number of ether oxygens (including phenoxy) is 1. The first-order chi connectivity index (χ1) is 15.1. The number of aromatic nitrogens is 3. The van der Waals surface area contributed by atoms with Crippen molar-refractivity contribution in [2.75, 3.05) is 11.9 Å². The van der Waals surface area contributed by atoms with Gasteiger partial charge in [-0.1, -0.05) is 19.3 Å². The summed E-state index contributed by atoms with van der Waals surface area (Å²) >= 11 is 0. The molecule has 0 aliphatic heterocycles. The first-order valence-electron chi connectivity index (χ1n) is 10.3. The van der Waals surface area contributed by atoms with Crippen LogP contribution in [0, 0.1) is 16.0 Å². The predicted octanol–water partition coefficient (Wildman–Crippen LogP) is 4.39. The van der Waals surface area contributed by atoms with Gasteiger partial charge in [-0.2, -0.15) is 0 Å². The van der Waals surface area contributed by atoms with Gasteiger partial charge in [-0.3, -0.25) is 14.9 Å². The van der Waals surface area contributed by atoms with E-state index >= 15 is 0 Å². The molecule has 0 radical (unpaired) electrons. The molecular weight excluding hydrogens is 398 g/mol. The van der Waals surface area contributed by atoms with E-state index in [1.165, 1.54) is 54.6 Å².